The summed E-state index contributed by atoms with van der Waals surface area (Å²) in [6, 6.07) is 0. The third-order valence-corrected chi connectivity index (χ3v) is 10.3. The second-order valence-corrected chi connectivity index (χ2v) is 12.5. The van der Waals surface area contributed by atoms with E-state index in [1.807, 2.05) is 0 Å². The molecule has 10 unspecified atom stereocenters. The Morgan fingerprint density at radius 3 is 2.52 bits per heavy atom. The van der Waals surface area contributed by atoms with Crippen LogP contribution in [0.5, 0.6) is 0 Å². The Morgan fingerprint density at radius 1 is 1.10 bits per heavy atom. The van der Waals surface area contributed by atoms with Gasteiger partial charge in [-0.2, -0.15) is 0 Å². The van der Waals surface area contributed by atoms with E-state index in [4.69, 9.17) is 14.2 Å². The third-order valence-electron chi connectivity index (χ3n) is 10.3. The lowest BCUT2D eigenvalue weighted by molar-refractivity contribution is -0.231. The number of hydrogen-bond donors (Lipinski definition) is 0. The summed E-state index contributed by atoms with van der Waals surface area (Å²) in [4.78, 5) is 12.8. The van der Waals surface area contributed by atoms with E-state index in [0.29, 0.717) is 36.4 Å². The van der Waals surface area contributed by atoms with E-state index in [0.717, 1.165) is 43.0 Å². The highest BCUT2D eigenvalue weighted by Gasteiger charge is 2.73. The maximum absolute atomic E-state index is 12.8. The van der Waals surface area contributed by atoms with Gasteiger partial charge in [-0.1, -0.05) is 40.7 Å². The molecule has 4 nitrogen and oxygen atoms in total. The summed E-state index contributed by atoms with van der Waals surface area (Å²) in [7, 11) is 0. The molecular weight excluding hydrogens is 388 g/mol. The molecule has 0 aromatic carbocycles. The molecule has 0 spiro atoms. The van der Waals surface area contributed by atoms with Crippen LogP contribution in [0.25, 0.3) is 0 Å². The zero-order valence-electron chi connectivity index (χ0n) is 20.2. The van der Waals surface area contributed by atoms with Crippen molar-refractivity contribution in [2.24, 2.45) is 58.2 Å². The molecular formula is C27H42O4. The first-order chi connectivity index (χ1) is 14.7. The first-order valence-corrected chi connectivity index (χ1v) is 12.8. The van der Waals surface area contributed by atoms with Crippen LogP contribution < -0.4 is 0 Å². The summed E-state index contributed by atoms with van der Waals surface area (Å²) in [5, 5.41) is 0. The molecule has 5 fully saturated rings. The van der Waals surface area contributed by atoms with Gasteiger partial charge < -0.3 is 14.2 Å². The molecule has 0 heterocycles. The summed E-state index contributed by atoms with van der Waals surface area (Å²) in [5.74, 6) is 6.48. The van der Waals surface area contributed by atoms with E-state index in [1.165, 1.54) is 25.7 Å². The van der Waals surface area contributed by atoms with Crippen molar-refractivity contribution >= 4 is 5.97 Å². The summed E-state index contributed by atoms with van der Waals surface area (Å²) in [5.41, 5.74) is -0.173. The smallest absolute Gasteiger partial charge is 0.312 e. The zero-order valence-corrected chi connectivity index (χ0v) is 20.2. The minimum atomic E-state index is -0.269. The monoisotopic (exact) mass is 430 g/mol. The Hall–Kier alpha value is -1.03. The number of rotatable bonds is 10. The Bertz CT molecular complexity index is 744. The lowest BCUT2D eigenvalue weighted by atomic mass is 9.41. The summed E-state index contributed by atoms with van der Waals surface area (Å²) < 4.78 is 17.8. The molecule has 0 N–H and O–H groups in total. The van der Waals surface area contributed by atoms with Crippen molar-refractivity contribution in [1.29, 1.82) is 0 Å². The molecule has 5 rings (SSSR count). The second kappa shape index (κ2) is 7.50. The number of carbonyl (C=O) groups excluding carboxylic acids is 1. The molecule has 4 heteroatoms. The number of allylic oxidation sites excluding steroid dienone is 1. The van der Waals surface area contributed by atoms with E-state index in [-0.39, 0.29) is 22.9 Å². The summed E-state index contributed by atoms with van der Waals surface area (Å²) >= 11 is 0. The van der Waals surface area contributed by atoms with Crippen molar-refractivity contribution in [3.8, 4) is 0 Å². The maximum atomic E-state index is 12.8. The summed E-state index contributed by atoms with van der Waals surface area (Å²) in [6.45, 7) is 16.3. The normalized spacial score (nSPS) is 46.2. The Balaban J connectivity index is 1.12. The Kier molecular flexibility index (Phi) is 5.27. The van der Waals surface area contributed by atoms with Crippen LogP contribution in [0.1, 0.15) is 73.1 Å². The number of esters is 1. The van der Waals surface area contributed by atoms with Crippen molar-refractivity contribution in [3.05, 3.63) is 12.3 Å². The lowest BCUT2D eigenvalue weighted by Crippen LogP contribution is -2.65. The van der Waals surface area contributed by atoms with E-state index >= 15 is 0 Å². The van der Waals surface area contributed by atoms with E-state index < -0.39 is 0 Å². The van der Waals surface area contributed by atoms with Gasteiger partial charge in [0, 0.05) is 11.8 Å². The predicted octanol–water partition coefficient (Wildman–Crippen LogP) is 5.81. The SMILES string of the molecule is C=C(OCOCC(C)CCC)C1CC2CC1C1C2C2CC(OC(=O)C3(C)CC3(C)C)C21. The molecule has 10 atom stereocenters. The number of hydrogen-bond acceptors (Lipinski definition) is 4. The van der Waals surface area contributed by atoms with Gasteiger partial charge in [0.05, 0.1) is 17.8 Å². The highest BCUT2D eigenvalue weighted by Crippen LogP contribution is 2.74. The van der Waals surface area contributed by atoms with Gasteiger partial charge in [0.15, 0.2) is 6.79 Å². The van der Waals surface area contributed by atoms with Crippen LogP contribution in [0, 0.1) is 58.2 Å². The minimum absolute atomic E-state index is 0.0475. The molecule has 5 aliphatic rings. The molecule has 2 bridgehead atoms. The topological polar surface area (TPSA) is 44.8 Å². The Morgan fingerprint density at radius 2 is 1.84 bits per heavy atom. The molecule has 0 aliphatic heterocycles. The van der Waals surface area contributed by atoms with Crippen molar-refractivity contribution in [2.75, 3.05) is 13.4 Å². The number of fused-ring (bicyclic) bond motifs is 8. The van der Waals surface area contributed by atoms with Crippen LogP contribution in [0.15, 0.2) is 12.3 Å². The molecule has 0 amide bonds. The van der Waals surface area contributed by atoms with Crippen LogP contribution in [-0.4, -0.2) is 25.5 Å². The van der Waals surface area contributed by atoms with Crippen LogP contribution in [0.4, 0.5) is 0 Å². The molecule has 0 aromatic rings. The fraction of sp³-hybridized carbons (Fsp3) is 0.889. The first-order valence-electron chi connectivity index (χ1n) is 12.8. The van der Waals surface area contributed by atoms with Gasteiger partial charge in [-0.3, -0.25) is 4.79 Å². The van der Waals surface area contributed by atoms with Gasteiger partial charge in [-0.05, 0) is 80.0 Å². The van der Waals surface area contributed by atoms with Gasteiger partial charge in [0.1, 0.15) is 6.10 Å². The van der Waals surface area contributed by atoms with E-state index in [1.54, 1.807) is 0 Å². The molecule has 0 saturated heterocycles. The maximum Gasteiger partial charge on any atom is 0.312 e. The molecule has 0 aromatic heterocycles. The predicted molar refractivity (Wildman–Crippen MR) is 120 cm³/mol. The Labute approximate surface area is 188 Å². The number of carbonyl (C=O) groups is 1. The molecule has 0 radical (unpaired) electrons. The first kappa shape index (κ1) is 21.8. The van der Waals surface area contributed by atoms with Gasteiger partial charge in [-0.25, -0.2) is 0 Å². The van der Waals surface area contributed by atoms with Crippen molar-refractivity contribution in [1.82, 2.24) is 0 Å². The molecule has 31 heavy (non-hydrogen) atoms. The van der Waals surface area contributed by atoms with Crippen LogP contribution in [-0.2, 0) is 19.0 Å². The van der Waals surface area contributed by atoms with Crippen molar-refractivity contribution in [2.45, 2.75) is 79.2 Å². The van der Waals surface area contributed by atoms with Gasteiger partial charge in [0.2, 0.25) is 0 Å². The average molecular weight is 431 g/mol. The molecule has 174 valence electrons. The largest absolute Gasteiger partial charge is 0.472 e. The number of ether oxygens (including phenoxy) is 3. The fourth-order valence-corrected chi connectivity index (χ4v) is 8.09. The van der Waals surface area contributed by atoms with Crippen LogP contribution >= 0.6 is 0 Å². The van der Waals surface area contributed by atoms with Crippen molar-refractivity contribution < 1.29 is 19.0 Å². The van der Waals surface area contributed by atoms with E-state index in [9.17, 15) is 4.79 Å². The fourth-order valence-electron chi connectivity index (χ4n) is 8.09. The average Bonchev–Trinajstić information content (AvgIpc) is 2.99. The lowest BCUT2D eigenvalue weighted by Gasteiger charge is -2.65. The standard InChI is InChI=1S/C27H42O4/c1-7-8-15(2)12-29-14-30-16(3)18-9-17-10-19(18)24-22(17)20-11-21(23(20)24)31-25(28)27(6)13-26(27,4)5/h15,17-24H,3,7-14H2,1-2,4-6H3. The van der Waals surface area contributed by atoms with Gasteiger partial charge >= 0.3 is 5.97 Å². The van der Waals surface area contributed by atoms with Gasteiger partial charge in [0.25, 0.3) is 0 Å². The van der Waals surface area contributed by atoms with Crippen LogP contribution in [0.3, 0.4) is 0 Å². The molecule has 5 saturated carbocycles. The quantitative estimate of drug-likeness (QED) is 0.190. The van der Waals surface area contributed by atoms with Gasteiger partial charge in [-0.15, -0.1) is 0 Å². The summed E-state index contributed by atoms with van der Waals surface area (Å²) in [6.07, 6.45) is 7.15. The highest BCUT2D eigenvalue weighted by molar-refractivity contribution is 5.81. The van der Waals surface area contributed by atoms with Crippen molar-refractivity contribution in [3.63, 3.8) is 0 Å². The highest BCUT2D eigenvalue weighted by atomic mass is 16.7. The van der Waals surface area contributed by atoms with E-state index in [2.05, 4.69) is 41.2 Å². The zero-order chi connectivity index (χ0) is 22.1. The second-order valence-electron chi connectivity index (χ2n) is 12.5. The molecule has 5 aliphatic carbocycles. The van der Waals surface area contributed by atoms with Crippen LogP contribution in [0.2, 0.25) is 0 Å². The third kappa shape index (κ3) is 3.30. The minimum Gasteiger partial charge on any atom is -0.472 e.